The van der Waals surface area contributed by atoms with E-state index in [1.807, 2.05) is 0 Å². The number of pyridine rings is 1. The Hall–Kier alpha value is -3.31. The molecule has 1 atom stereocenters. The van der Waals surface area contributed by atoms with Crippen molar-refractivity contribution in [1.29, 1.82) is 0 Å². The van der Waals surface area contributed by atoms with Crippen LogP contribution in [0.5, 0.6) is 0 Å². The molecule has 3 aromatic rings. The molecular weight excluding hydrogens is 454 g/mol. The van der Waals surface area contributed by atoms with Crippen molar-refractivity contribution in [1.82, 2.24) is 14.3 Å². The summed E-state index contributed by atoms with van der Waals surface area (Å²) in [7, 11) is 1.28. The van der Waals surface area contributed by atoms with Crippen LogP contribution in [0.2, 0.25) is 0 Å². The maximum absolute atomic E-state index is 14.6. The van der Waals surface area contributed by atoms with E-state index < -0.39 is 46.7 Å². The minimum Gasteiger partial charge on any atom is -0.361 e. The second-order valence-corrected chi connectivity index (χ2v) is 8.03. The Morgan fingerprint density at radius 3 is 2.33 bits per heavy atom. The summed E-state index contributed by atoms with van der Waals surface area (Å²) in [5.41, 5.74) is -4.99. The van der Waals surface area contributed by atoms with E-state index in [0.717, 1.165) is 23.0 Å². The zero-order valence-corrected chi connectivity index (χ0v) is 17.4. The highest BCUT2D eigenvalue weighted by Gasteiger charge is 2.65. The number of hydrogen-bond acceptors (Lipinski definition) is 4. The molecule has 12 heteroatoms. The molecule has 1 N–H and O–H groups in total. The summed E-state index contributed by atoms with van der Waals surface area (Å²) >= 11 is 0. The van der Waals surface area contributed by atoms with E-state index in [1.165, 1.54) is 26.1 Å². The molecule has 1 saturated carbocycles. The molecule has 176 valence electrons. The van der Waals surface area contributed by atoms with Crippen molar-refractivity contribution in [2.75, 3.05) is 5.32 Å². The Kier molecular flexibility index (Phi) is 5.29. The van der Waals surface area contributed by atoms with Crippen molar-refractivity contribution in [2.24, 2.45) is 7.05 Å². The van der Waals surface area contributed by atoms with Crippen molar-refractivity contribution in [3.8, 4) is 0 Å². The minimum absolute atomic E-state index is 0.0782. The lowest BCUT2D eigenvalue weighted by Crippen LogP contribution is -2.41. The van der Waals surface area contributed by atoms with Crippen LogP contribution in [0.3, 0.4) is 0 Å². The van der Waals surface area contributed by atoms with Crippen LogP contribution in [0, 0.1) is 5.82 Å². The molecule has 0 saturated heterocycles. The molecule has 0 amide bonds. The molecule has 2 aromatic heterocycles. The van der Waals surface area contributed by atoms with Crippen LogP contribution >= 0.6 is 0 Å². The van der Waals surface area contributed by atoms with Crippen LogP contribution in [-0.4, -0.2) is 20.5 Å². The third-order valence-electron chi connectivity index (χ3n) is 5.91. The Morgan fingerprint density at radius 2 is 1.76 bits per heavy atom. The van der Waals surface area contributed by atoms with Crippen LogP contribution in [0.15, 0.2) is 40.1 Å². The van der Waals surface area contributed by atoms with E-state index in [4.69, 9.17) is 0 Å². The molecule has 0 bridgehead atoms. The lowest BCUT2D eigenvalue weighted by atomic mass is 10.0. The van der Waals surface area contributed by atoms with Crippen LogP contribution in [0.25, 0.3) is 10.8 Å². The zero-order valence-electron chi connectivity index (χ0n) is 17.4. The molecule has 0 radical (unpaired) electrons. The number of nitrogens with zero attached hydrogens (tertiary/aromatic N) is 3. The Morgan fingerprint density at radius 1 is 1.12 bits per heavy atom. The van der Waals surface area contributed by atoms with Crippen LogP contribution < -0.4 is 16.4 Å². The van der Waals surface area contributed by atoms with Gasteiger partial charge in [-0.1, -0.05) is 18.2 Å². The van der Waals surface area contributed by atoms with Crippen molar-refractivity contribution >= 4 is 16.6 Å². The van der Waals surface area contributed by atoms with E-state index in [2.05, 4.69) is 10.4 Å². The summed E-state index contributed by atoms with van der Waals surface area (Å²) < 4.78 is 83.0. The standard InChI is InChI=1S/C21H18F6N4O2/c1-10(11-4-3-5-12(16(11)22)17(23)24)28-18-14-9-31(20(6-7-20)21(25,26)27)15(32)8-13(14)19(33)30(2)29-18/h3-5,8-10,17H,6-7H2,1-2H3,(H,28,29). The molecule has 0 spiro atoms. The van der Waals surface area contributed by atoms with Gasteiger partial charge in [-0.25, -0.2) is 17.9 Å². The SMILES string of the molecule is CC(Nc1nn(C)c(=O)c2cc(=O)n(C3(C(F)(F)F)CC3)cc12)c1cccc(C(F)F)c1F. The lowest BCUT2D eigenvalue weighted by Gasteiger charge is -2.23. The number of fused-ring (bicyclic) bond motifs is 1. The topological polar surface area (TPSA) is 68.9 Å². The van der Waals surface area contributed by atoms with E-state index in [0.29, 0.717) is 4.57 Å². The second-order valence-electron chi connectivity index (χ2n) is 8.03. The van der Waals surface area contributed by atoms with Gasteiger partial charge < -0.3 is 5.32 Å². The average Bonchev–Trinajstić information content (AvgIpc) is 3.53. The summed E-state index contributed by atoms with van der Waals surface area (Å²) in [4.78, 5) is 25.0. The van der Waals surface area contributed by atoms with E-state index >= 15 is 0 Å². The van der Waals surface area contributed by atoms with E-state index in [-0.39, 0.29) is 35.0 Å². The first-order valence-corrected chi connectivity index (χ1v) is 9.91. The summed E-state index contributed by atoms with van der Waals surface area (Å²) in [6, 6.07) is 3.35. The zero-order chi connectivity index (χ0) is 24.3. The third-order valence-corrected chi connectivity index (χ3v) is 5.91. The summed E-state index contributed by atoms with van der Waals surface area (Å²) in [6.07, 6.45) is -7.37. The second kappa shape index (κ2) is 7.63. The largest absolute Gasteiger partial charge is 0.412 e. The molecule has 1 aliphatic rings. The molecule has 6 nitrogen and oxygen atoms in total. The van der Waals surface area contributed by atoms with Gasteiger partial charge in [0.15, 0.2) is 5.82 Å². The molecule has 4 rings (SSSR count). The van der Waals surface area contributed by atoms with Gasteiger partial charge in [0.2, 0.25) is 0 Å². The highest BCUT2D eigenvalue weighted by molar-refractivity contribution is 5.90. The Bertz CT molecular complexity index is 1360. The van der Waals surface area contributed by atoms with Gasteiger partial charge in [0, 0.05) is 30.3 Å². The van der Waals surface area contributed by atoms with Crippen molar-refractivity contribution in [3.05, 3.63) is 68.1 Å². The summed E-state index contributed by atoms with van der Waals surface area (Å²) in [5, 5.41) is 6.54. The van der Waals surface area contributed by atoms with Crippen molar-refractivity contribution < 1.29 is 26.3 Å². The number of hydrogen-bond donors (Lipinski definition) is 1. The highest BCUT2D eigenvalue weighted by Crippen LogP contribution is 2.54. The Balaban J connectivity index is 1.86. The molecule has 1 fully saturated rings. The number of aromatic nitrogens is 3. The molecule has 1 aromatic carbocycles. The summed E-state index contributed by atoms with van der Waals surface area (Å²) in [6.45, 7) is 1.44. The van der Waals surface area contributed by atoms with Gasteiger partial charge in [-0.05, 0) is 19.8 Å². The number of alkyl halides is 5. The summed E-state index contributed by atoms with van der Waals surface area (Å²) in [5.74, 6) is -1.24. The number of nitrogens with one attached hydrogen (secondary N) is 1. The number of anilines is 1. The van der Waals surface area contributed by atoms with Gasteiger partial charge in [-0.2, -0.15) is 18.3 Å². The van der Waals surface area contributed by atoms with E-state index in [1.54, 1.807) is 0 Å². The minimum atomic E-state index is -4.68. The first kappa shape index (κ1) is 22.9. The van der Waals surface area contributed by atoms with Gasteiger partial charge in [0.1, 0.15) is 11.4 Å². The number of rotatable bonds is 5. The predicted molar refractivity (Wildman–Crippen MR) is 108 cm³/mol. The molecule has 2 heterocycles. The highest BCUT2D eigenvalue weighted by atomic mass is 19.4. The fraction of sp³-hybridized carbons (Fsp3) is 0.381. The van der Waals surface area contributed by atoms with Crippen molar-refractivity contribution in [3.63, 3.8) is 0 Å². The van der Waals surface area contributed by atoms with Gasteiger partial charge in [0.25, 0.3) is 17.5 Å². The van der Waals surface area contributed by atoms with Crippen LogP contribution in [0.4, 0.5) is 32.2 Å². The van der Waals surface area contributed by atoms with Gasteiger partial charge in [-0.3, -0.25) is 14.2 Å². The first-order valence-electron chi connectivity index (χ1n) is 9.91. The Labute approximate surface area is 182 Å². The lowest BCUT2D eigenvalue weighted by molar-refractivity contribution is -0.180. The average molecular weight is 472 g/mol. The molecule has 1 unspecified atom stereocenters. The third kappa shape index (κ3) is 3.66. The fourth-order valence-electron chi connectivity index (χ4n) is 3.90. The molecular formula is C21H18F6N4O2. The molecule has 0 aliphatic heterocycles. The van der Waals surface area contributed by atoms with Gasteiger partial charge in [0.05, 0.1) is 17.0 Å². The smallest absolute Gasteiger partial charge is 0.361 e. The first-order chi connectivity index (χ1) is 15.4. The molecule has 1 aliphatic carbocycles. The van der Waals surface area contributed by atoms with Gasteiger partial charge in [-0.15, -0.1) is 0 Å². The fourth-order valence-corrected chi connectivity index (χ4v) is 3.90. The number of aryl methyl sites for hydroxylation is 1. The van der Waals surface area contributed by atoms with Crippen LogP contribution in [0.1, 0.15) is 43.4 Å². The monoisotopic (exact) mass is 472 g/mol. The molecule has 33 heavy (non-hydrogen) atoms. The normalized spacial score (nSPS) is 16.3. The van der Waals surface area contributed by atoms with Crippen LogP contribution in [-0.2, 0) is 12.6 Å². The predicted octanol–water partition coefficient (Wildman–Crippen LogP) is 4.40. The van der Waals surface area contributed by atoms with Gasteiger partial charge >= 0.3 is 6.18 Å². The maximum atomic E-state index is 14.6. The number of halogens is 6. The van der Waals surface area contributed by atoms with Crippen molar-refractivity contribution in [2.45, 2.75) is 43.9 Å². The van der Waals surface area contributed by atoms with E-state index in [9.17, 15) is 35.9 Å². The number of benzene rings is 1. The maximum Gasteiger partial charge on any atom is 0.412 e. The quantitative estimate of drug-likeness (QED) is 0.559.